The molecule has 0 atom stereocenters. The number of hydrogen-bond donors (Lipinski definition) is 1. The van der Waals surface area contributed by atoms with Crippen molar-refractivity contribution in [3.63, 3.8) is 0 Å². The van der Waals surface area contributed by atoms with Gasteiger partial charge in [-0.05, 0) is 67.9 Å². The van der Waals surface area contributed by atoms with Gasteiger partial charge in [0.2, 0.25) is 0 Å². The summed E-state index contributed by atoms with van der Waals surface area (Å²) in [4.78, 5) is 4.15. The Morgan fingerprint density at radius 2 is 1.91 bits per heavy atom. The molecular weight excluding hydrogens is 443 g/mol. The summed E-state index contributed by atoms with van der Waals surface area (Å²) in [6.45, 7) is 3.86. The lowest BCUT2D eigenvalue weighted by molar-refractivity contribution is 0.311. The van der Waals surface area contributed by atoms with Gasteiger partial charge >= 0.3 is 0 Å². The molecule has 2 aromatic carbocycles. The largest absolute Gasteiger partial charge is 0.493 e. The monoisotopic (exact) mass is 468 g/mol. The van der Waals surface area contributed by atoms with Crippen molar-refractivity contribution in [1.29, 1.82) is 0 Å². The van der Waals surface area contributed by atoms with Crippen LogP contribution in [0.25, 0.3) is 11.0 Å². The van der Waals surface area contributed by atoms with Gasteiger partial charge in [0.05, 0.1) is 16.9 Å². The number of rotatable bonds is 10. The molecule has 8 heteroatoms. The van der Waals surface area contributed by atoms with Crippen LogP contribution in [0.4, 0.5) is 4.39 Å². The van der Waals surface area contributed by atoms with Crippen molar-refractivity contribution in [2.45, 2.75) is 30.5 Å². The zero-order valence-corrected chi connectivity index (χ0v) is 19.1. The summed E-state index contributed by atoms with van der Waals surface area (Å²) >= 11 is 0. The second-order valence-electron chi connectivity index (χ2n) is 7.73. The molecule has 6 nitrogen and oxygen atoms in total. The molecule has 0 radical (unpaired) electrons. The van der Waals surface area contributed by atoms with Gasteiger partial charge in [0.15, 0.2) is 9.84 Å². The van der Waals surface area contributed by atoms with Crippen LogP contribution in [0.3, 0.4) is 0 Å². The van der Waals surface area contributed by atoms with Crippen LogP contribution >= 0.6 is 0 Å². The first kappa shape index (κ1) is 22.9. The van der Waals surface area contributed by atoms with Crippen LogP contribution in [-0.4, -0.2) is 26.6 Å². The molecule has 4 rings (SSSR count). The van der Waals surface area contributed by atoms with Gasteiger partial charge in [0.1, 0.15) is 28.7 Å². The number of halogens is 1. The normalized spacial score (nSPS) is 11.7. The molecule has 0 aliphatic carbocycles. The summed E-state index contributed by atoms with van der Waals surface area (Å²) in [6, 6.07) is 14.2. The van der Waals surface area contributed by atoms with E-state index >= 15 is 0 Å². The van der Waals surface area contributed by atoms with Crippen molar-refractivity contribution >= 4 is 20.8 Å². The summed E-state index contributed by atoms with van der Waals surface area (Å²) in [7, 11) is -3.68. The van der Waals surface area contributed by atoms with Gasteiger partial charge in [-0.15, -0.1) is 0 Å². The Hall–Kier alpha value is -3.23. The predicted octanol–water partition coefficient (Wildman–Crippen LogP) is 4.81. The Morgan fingerprint density at radius 3 is 2.67 bits per heavy atom. The highest BCUT2D eigenvalue weighted by molar-refractivity contribution is 7.90. The van der Waals surface area contributed by atoms with Crippen LogP contribution in [-0.2, 0) is 22.1 Å². The fourth-order valence-corrected chi connectivity index (χ4v) is 4.92. The zero-order chi connectivity index (χ0) is 23.3. The molecule has 0 aliphatic rings. The van der Waals surface area contributed by atoms with Gasteiger partial charge in [-0.1, -0.05) is 12.1 Å². The smallest absolute Gasteiger partial charge is 0.185 e. The Morgan fingerprint density at radius 1 is 1.09 bits per heavy atom. The van der Waals surface area contributed by atoms with E-state index in [1.165, 1.54) is 12.1 Å². The number of aromatic nitrogens is 1. The van der Waals surface area contributed by atoms with Crippen LogP contribution in [0.2, 0.25) is 0 Å². The van der Waals surface area contributed by atoms with Crippen molar-refractivity contribution in [3.05, 3.63) is 89.7 Å². The lowest BCUT2D eigenvalue weighted by Gasteiger charge is -2.09. The zero-order valence-electron chi connectivity index (χ0n) is 18.3. The number of pyridine rings is 1. The lowest BCUT2D eigenvalue weighted by atomic mass is 10.1. The highest BCUT2D eigenvalue weighted by Crippen LogP contribution is 2.34. The third kappa shape index (κ3) is 5.58. The predicted molar refractivity (Wildman–Crippen MR) is 124 cm³/mol. The first-order chi connectivity index (χ1) is 15.9. The van der Waals surface area contributed by atoms with Crippen LogP contribution in [0.15, 0.2) is 76.3 Å². The Bertz CT molecular complexity index is 1320. The second-order valence-corrected chi connectivity index (χ2v) is 9.72. The molecule has 1 N–H and O–H groups in total. The summed E-state index contributed by atoms with van der Waals surface area (Å²) in [5.74, 6) is 0.217. The van der Waals surface area contributed by atoms with Gasteiger partial charge in [-0.2, -0.15) is 0 Å². The molecule has 0 saturated heterocycles. The average Bonchev–Trinajstić information content (AvgIpc) is 3.12. The third-order valence-electron chi connectivity index (χ3n) is 5.32. The van der Waals surface area contributed by atoms with Gasteiger partial charge in [-0.3, -0.25) is 4.98 Å². The summed E-state index contributed by atoms with van der Waals surface area (Å²) in [6.07, 6.45) is 4.39. The first-order valence-corrected chi connectivity index (χ1v) is 12.3. The molecule has 0 fully saturated rings. The van der Waals surface area contributed by atoms with Gasteiger partial charge in [0, 0.05) is 24.5 Å². The quantitative estimate of drug-likeness (QED) is 0.266. The topological polar surface area (TPSA) is 81.4 Å². The van der Waals surface area contributed by atoms with E-state index in [4.69, 9.17) is 9.15 Å². The van der Waals surface area contributed by atoms with E-state index < -0.39 is 15.7 Å². The number of ether oxygens (including phenoxy) is 1. The molecule has 0 bridgehead atoms. The second kappa shape index (κ2) is 10.1. The summed E-state index contributed by atoms with van der Waals surface area (Å²) in [5, 5.41) is 4.13. The van der Waals surface area contributed by atoms with Crippen LogP contribution < -0.4 is 10.1 Å². The fraction of sp³-hybridized carbons (Fsp3) is 0.240. The maximum absolute atomic E-state index is 13.2. The SMILES string of the molecule is Cc1c(CS(=O)(=O)c2ccc(F)cc2)oc2cccc(OCCCNCc3cccnc3)c12. The highest BCUT2D eigenvalue weighted by atomic mass is 32.2. The fourth-order valence-electron chi connectivity index (χ4n) is 3.58. The van der Waals surface area contributed by atoms with Crippen molar-refractivity contribution in [2.75, 3.05) is 13.2 Å². The van der Waals surface area contributed by atoms with Crippen molar-refractivity contribution in [3.8, 4) is 5.75 Å². The van der Waals surface area contributed by atoms with E-state index in [0.717, 1.165) is 48.2 Å². The van der Waals surface area contributed by atoms with Crippen LogP contribution in [0.5, 0.6) is 5.75 Å². The van der Waals surface area contributed by atoms with Crippen molar-refractivity contribution in [2.24, 2.45) is 0 Å². The molecule has 0 unspecified atom stereocenters. The van der Waals surface area contributed by atoms with Gasteiger partial charge in [-0.25, -0.2) is 12.8 Å². The summed E-state index contributed by atoms with van der Waals surface area (Å²) in [5.41, 5.74) is 2.42. The summed E-state index contributed by atoms with van der Waals surface area (Å²) < 4.78 is 50.6. The number of nitrogens with zero attached hydrogens (tertiary/aromatic N) is 1. The number of aryl methyl sites for hydroxylation is 1. The molecule has 0 saturated carbocycles. The van der Waals surface area contributed by atoms with E-state index in [1.54, 1.807) is 12.3 Å². The molecule has 172 valence electrons. The standard InChI is InChI=1S/C25H25FN2O4S/c1-18-24(17-33(29,30)21-10-8-20(26)9-11-21)32-23-7-2-6-22(25(18)23)31-14-4-13-28-16-19-5-3-12-27-15-19/h2-3,5-12,15,28H,4,13-14,16-17H2,1H3. The van der Waals surface area contributed by atoms with E-state index in [-0.39, 0.29) is 10.6 Å². The van der Waals surface area contributed by atoms with Crippen LogP contribution in [0.1, 0.15) is 23.3 Å². The molecule has 2 heterocycles. The van der Waals surface area contributed by atoms with E-state index in [0.29, 0.717) is 23.7 Å². The molecule has 0 aliphatic heterocycles. The molecule has 0 amide bonds. The Balaban J connectivity index is 1.40. The van der Waals surface area contributed by atoms with Crippen molar-refractivity contribution in [1.82, 2.24) is 10.3 Å². The van der Waals surface area contributed by atoms with Gasteiger partial charge in [0.25, 0.3) is 0 Å². The van der Waals surface area contributed by atoms with E-state index in [1.807, 2.05) is 37.4 Å². The number of fused-ring (bicyclic) bond motifs is 1. The molecule has 33 heavy (non-hydrogen) atoms. The minimum atomic E-state index is -3.68. The molecular formula is C25H25FN2O4S. The lowest BCUT2D eigenvalue weighted by Crippen LogP contribution is -2.17. The molecule has 0 spiro atoms. The average molecular weight is 469 g/mol. The maximum Gasteiger partial charge on any atom is 0.185 e. The van der Waals surface area contributed by atoms with Gasteiger partial charge < -0.3 is 14.5 Å². The number of sulfone groups is 1. The third-order valence-corrected chi connectivity index (χ3v) is 6.95. The first-order valence-electron chi connectivity index (χ1n) is 10.7. The molecule has 4 aromatic rings. The number of hydrogen-bond acceptors (Lipinski definition) is 6. The minimum Gasteiger partial charge on any atom is -0.493 e. The minimum absolute atomic E-state index is 0.0546. The molecule has 2 aromatic heterocycles. The number of nitrogens with one attached hydrogen (secondary N) is 1. The van der Waals surface area contributed by atoms with Crippen LogP contribution in [0, 0.1) is 12.7 Å². The Kier molecular flexibility index (Phi) is 7.05. The van der Waals surface area contributed by atoms with E-state index in [2.05, 4.69) is 10.3 Å². The number of furan rings is 1. The maximum atomic E-state index is 13.2. The van der Waals surface area contributed by atoms with E-state index in [9.17, 15) is 12.8 Å². The Labute approximate surface area is 192 Å². The van der Waals surface area contributed by atoms with Crippen molar-refractivity contribution < 1.29 is 22.0 Å². The highest BCUT2D eigenvalue weighted by Gasteiger charge is 2.22. The number of benzene rings is 2.